The second-order valence-electron chi connectivity index (χ2n) is 5.26. The largest absolute Gasteiger partial charge is 0.397 e. The Morgan fingerprint density at radius 3 is 3.14 bits per heavy atom. The number of rotatable bonds is 4. The van der Waals surface area contributed by atoms with E-state index in [-0.39, 0.29) is 5.91 Å². The van der Waals surface area contributed by atoms with E-state index < -0.39 is 0 Å². The van der Waals surface area contributed by atoms with Crippen LogP contribution in [0.15, 0.2) is 22.7 Å². The van der Waals surface area contributed by atoms with Gasteiger partial charge in [-0.25, -0.2) is 0 Å². The molecular formula is C15H17BrN2O2S. The quantitative estimate of drug-likeness (QED) is 0.868. The molecule has 3 N–H and O–H groups in total. The van der Waals surface area contributed by atoms with E-state index in [0.29, 0.717) is 23.0 Å². The maximum atomic E-state index is 12.3. The molecule has 0 aliphatic carbocycles. The number of carbonyl (C=O) groups excluding carboxylic acids is 1. The third-order valence-corrected chi connectivity index (χ3v) is 5.42. The van der Waals surface area contributed by atoms with Crippen LogP contribution in [-0.2, 0) is 4.74 Å². The number of nitrogen functional groups attached to an aromatic ring is 1. The van der Waals surface area contributed by atoms with Crippen LogP contribution in [0.4, 0.5) is 5.69 Å². The summed E-state index contributed by atoms with van der Waals surface area (Å²) in [5.74, 6) is 0.491. The summed E-state index contributed by atoms with van der Waals surface area (Å²) in [7, 11) is 0. The van der Waals surface area contributed by atoms with Crippen LogP contribution >= 0.6 is 27.3 Å². The summed E-state index contributed by atoms with van der Waals surface area (Å²) in [6, 6.07) is 5.87. The first kappa shape index (κ1) is 14.8. The molecule has 1 aliphatic rings. The van der Waals surface area contributed by atoms with Gasteiger partial charge in [0.05, 0.1) is 5.69 Å². The molecule has 0 bridgehead atoms. The number of nitrogens with one attached hydrogen (secondary N) is 1. The Kier molecular flexibility index (Phi) is 4.47. The fourth-order valence-electron chi connectivity index (χ4n) is 2.54. The Bertz CT molecular complexity index is 665. The Labute approximate surface area is 135 Å². The molecule has 0 saturated carbocycles. The number of carbonyl (C=O) groups is 1. The number of halogens is 1. The lowest BCUT2D eigenvalue weighted by Gasteiger charge is -2.08. The third-order valence-electron chi connectivity index (χ3n) is 3.76. The number of thiophene rings is 1. The lowest BCUT2D eigenvalue weighted by molar-refractivity contribution is 0.0955. The van der Waals surface area contributed by atoms with Crippen molar-refractivity contribution in [2.75, 3.05) is 25.5 Å². The summed E-state index contributed by atoms with van der Waals surface area (Å²) < 4.78 is 7.35. The molecule has 2 aromatic rings. The highest BCUT2D eigenvalue weighted by atomic mass is 79.9. The Hall–Kier alpha value is -1.11. The zero-order chi connectivity index (χ0) is 14.8. The maximum absolute atomic E-state index is 12.3. The molecule has 6 heteroatoms. The fraction of sp³-hybridized carbons (Fsp3) is 0.400. The minimum absolute atomic E-state index is 0.0799. The molecule has 2 heterocycles. The first-order chi connectivity index (χ1) is 10.1. The van der Waals surface area contributed by atoms with E-state index in [0.717, 1.165) is 40.6 Å². The van der Waals surface area contributed by atoms with Crippen LogP contribution in [-0.4, -0.2) is 25.7 Å². The van der Waals surface area contributed by atoms with Gasteiger partial charge in [0.25, 0.3) is 5.91 Å². The summed E-state index contributed by atoms with van der Waals surface area (Å²) >= 11 is 4.87. The fourth-order valence-corrected chi connectivity index (χ4v) is 4.13. The number of amides is 1. The van der Waals surface area contributed by atoms with Crippen LogP contribution in [0.5, 0.6) is 0 Å². The van der Waals surface area contributed by atoms with Crippen molar-refractivity contribution in [2.24, 2.45) is 5.92 Å². The lowest BCUT2D eigenvalue weighted by Crippen LogP contribution is -2.25. The molecule has 1 saturated heterocycles. The molecule has 1 aliphatic heterocycles. The van der Waals surface area contributed by atoms with Crippen molar-refractivity contribution < 1.29 is 9.53 Å². The van der Waals surface area contributed by atoms with E-state index in [4.69, 9.17) is 10.5 Å². The molecule has 21 heavy (non-hydrogen) atoms. The summed E-state index contributed by atoms with van der Waals surface area (Å²) in [6.45, 7) is 2.33. The maximum Gasteiger partial charge on any atom is 0.263 e. The monoisotopic (exact) mass is 368 g/mol. The standard InChI is InChI=1S/C15H17BrN2O2S/c16-10-1-2-11-12(7-10)21-14(13(11)17)15(19)18-5-3-9-4-6-20-8-9/h1-2,7,9H,3-6,8,17H2,(H,18,19). The number of ether oxygens (including phenoxy) is 1. The minimum atomic E-state index is -0.0799. The molecule has 1 aromatic heterocycles. The highest BCUT2D eigenvalue weighted by molar-refractivity contribution is 9.10. The number of fused-ring (bicyclic) bond motifs is 1. The molecular weight excluding hydrogens is 352 g/mol. The predicted molar refractivity (Wildman–Crippen MR) is 89.8 cm³/mol. The van der Waals surface area contributed by atoms with Gasteiger partial charge < -0.3 is 15.8 Å². The van der Waals surface area contributed by atoms with Crippen LogP contribution in [0.2, 0.25) is 0 Å². The van der Waals surface area contributed by atoms with Crippen molar-refractivity contribution in [1.82, 2.24) is 5.32 Å². The Balaban J connectivity index is 1.67. The van der Waals surface area contributed by atoms with Gasteiger partial charge in [-0.05, 0) is 30.9 Å². The van der Waals surface area contributed by atoms with Crippen molar-refractivity contribution in [1.29, 1.82) is 0 Å². The van der Waals surface area contributed by atoms with Gasteiger partial charge in [0.2, 0.25) is 0 Å². The van der Waals surface area contributed by atoms with Gasteiger partial charge in [-0.15, -0.1) is 11.3 Å². The zero-order valence-electron chi connectivity index (χ0n) is 11.5. The summed E-state index contributed by atoms with van der Waals surface area (Å²) in [5, 5.41) is 3.91. The van der Waals surface area contributed by atoms with E-state index in [2.05, 4.69) is 21.2 Å². The second kappa shape index (κ2) is 6.34. The van der Waals surface area contributed by atoms with Crippen molar-refractivity contribution in [3.05, 3.63) is 27.5 Å². The van der Waals surface area contributed by atoms with Crippen LogP contribution < -0.4 is 11.1 Å². The van der Waals surface area contributed by atoms with E-state index in [1.165, 1.54) is 11.3 Å². The van der Waals surface area contributed by atoms with Crippen molar-refractivity contribution in [3.8, 4) is 0 Å². The van der Waals surface area contributed by atoms with E-state index in [1.807, 2.05) is 18.2 Å². The Morgan fingerprint density at radius 1 is 1.52 bits per heavy atom. The predicted octanol–water partition coefficient (Wildman–Crippen LogP) is 3.40. The highest BCUT2D eigenvalue weighted by Crippen LogP contribution is 2.35. The summed E-state index contributed by atoms with van der Waals surface area (Å²) in [4.78, 5) is 12.9. The molecule has 1 unspecified atom stereocenters. The van der Waals surface area contributed by atoms with Gasteiger partial charge in [-0.2, -0.15) is 0 Å². The van der Waals surface area contributed by atoms with Crippen LogP contribution in [0.25, 0.3) is 10.1 Å². The summed E-state index contributed by atoms with van der Waals surface area (Å²) in [6.07, 6.45) is 2.05. The molecule has 3 rings (SSSR count). The Morgan fingerprint density at radius 2 is 2.38 bits per heavy atom. The molecule has 112 valence electrons. The normalized spacial score (nSPS) is 18.2. The van der Waals surface area contributed by atoms with Crippen molar-refractivity contribution in [2.45, 2.75) is 12.8 Å². The smallest absolute Gasteiger partial charge is 0.263 e. The van der Waals surface area contributed by atoms with Crippen LogP contribution in [0.1, 0.15) is 22.5 Å². The molecule has 4 nitrogen and oxygen atoms in total. The lowest BCUT2D eigenvalue weighted by atomic mass is 10.1. The highest BCUT2D eigenvalue weighted by Gasteiger charge is 2.18. The van der Waals surface area contributed by atoms with Gasteiger partial charge in [0, 0.05) is 34.3 Å². The second-order valence-corrected chi connectivity index (χ2v) is 7.23. The van der Waals surface area contributed by atoms with Gasteiger partial charge in [-0.3, -0.25) is 4.79 Å². The number of nitrogens with two attached hydrogens (primary N) is 1. The number of benzene rings is 1. The SMILES string of the molecule is Nc1c(C(=O)NCCC2CCOC2)sc2cc(Br)ccc12. The first-order valence-electron chi connectivity index (χ1n) is 6.98. The zero-order valence-corrected chi connectivity index (χ0v) is 13.9. The molecule has 0 radical (unpaired) electrons. The average Bonchev–Trinajstić information content (AvgIpc) is 3.07. The first-order valence-corrected chi connectivity index (χ1v) is 8.59. The van der Waals surface area contributed by atoms with Crippen molar-refractivity contribution >= 4 is 48.9 Å². The topological polar surface area (TPSA) is 64.4 Å². The summed E-state index contributed by atoms with van der Waals surface area (Å²) in [5.41, 5.74) is 6.67. The van der Waals surface area contributed by atoms with Gasteiger partial charge >= 0.3 is 0 Å². The minimum Gasteiger partial charge on any atom is -0.397 e. The number of hydrogen-bond acceptors (Lipinski definition) is 4. The van der Waals surface area contributed by atoms with Gasteiger partial charge in [0.1, 0.15) is 4.88 Å². The van der Waals surface area contributed by atoms with Crippen LogP contribution in [0.3, 0.4) is 0 Å². The van der Waals surface area contributed by atoms with Gasteiger partial charge in [0.15, 0.2) is 0 Å². The molecule has 1 atom stereocenters. The number of hydrogen-bond donors (Lipinski definition) is 2. The molecule has 0 spiro atoms. The van der Waals surface area contributed by atoms with Gasteiger partial charge in [-0.1, -0.05) is 22.0 Å². The van der Waals surface area contributed by atoms with E-state index in [1.54, 1.807) is 0 Å². The third kappa shape index (κ3) is 3.22. The van der Waals surface area contributed by atoms with E-state index in [9.17, 15) is 4.79 Å². The molecule has 1 aromatic carbocycles. The van der Waals surface area contributed by atoms with E-state index >= 15 is 0 Å². The molecule has 1 amide bonds. The van der Waals surface area contributed by atoms with Crippen LogP contribution in [0, 0.1) is 5.92 Å². The molecule has 1 fully saturated rings. The van der Waals surface area contributed by atoms with Crippen molar-refractivity contribution in [3.63, 3.8) is 0 Å². The number of anilines is 1. The average molecular weight is 369 g/mol.